The van der Waals surface area contributed by atoms with E-state index in [0.29, 0.717) is 18.4 Å². The minimum absolute atomic E-state index is 0.000476. The quantitative estimate of drug-likeness (QED) is 0.271. The largest absolute Gasteiger partial charge is 0.466 e. The molecule has 2 bridgehead atoms. The summed E-state index contributed by atoms with van der Waals surface area (Å²) in [6, 6.07) is 8.50. The number of Topliss-reactive ketones (excluding diaryl/α,β-unsaturated/α-hetero) is 1. The van der Waals surface area contributed by atoms with Crippen LogP contribution in [0.25, 0.3) is 0 Å². The molecule has 10 heteroatoms. The summed E-state index contributed by atoms with van der Waals surface area (Å²) in [5.41, 5.74) is -1.75. The topological polar surface area (TPSA) is 133 Å². The Balaban J connectivity index is 1.67. The molecule has 3 saturated carbocycles. The zero-order valence-corrected chi connectivity index (χ0v) is 25.3. The molecule has 226 valence electrons. The summed E-state index contributed by atoms with van der Waals surface area (Å²) in [7, 11) is -2.80. The second kappa shape index (κ2) is 11.6. The molecule has 0 amide bonds. The van der Waals surface area contributed by atoms with Gasteiger partial charge >= 0.3 is 11.9 Å². The molecule has 0 unspecified atom stereocenters. The fraction of sp³-hybridized carbons (Fsp3) is 0.645. The first-order valence-corrected chi connectivity index (χ1v) is 15.8. The molecule has 0 heterocycles. The molecule has 0 aromatic heterocycles. The number of benzene rings is 1. The number of carbonyl (C=O) groups is 3. The Kier molecular flexibility index (Phi) is 8.88. The summed E-state index contributed by atoms with van der Waals surface area (Å²) in [6.07, 6.45) is 3.78. The van der Waals surface area contributed by atoms with E-state index in [9.17, 15) is 27.9 Å². The van der Waals surface area contributed by atoms with Crippen LogP contribution in [0.1, 0.15) is 65.4 Å². The smallest absolute Gasteiger partial charge is 0.333 e. The van der Waals surface area contributed by atoms with E-state index in [-0.39, 0.29) is 24.0 Å². The van der Waals surface area contributed by atoms with E-state index in [1.54, 1.807) is 36.4 Å². The van der Waals surface area contributed by atoms with Gasteiger partial charge in [0.25, 0.3) is 10.1 Å². The van der Waals surface area contributed by atoms with Gasteiger partial charge in [0.05, 0.1) is 13.2 Å². The minimum atomic E-state index is -4.07. The van der Waals surface area contributed by atoms with Crippen molar-refractivity contribution >= 4 is 27.8 Å². The van der Waals surface area contributed by atoms with Gasteiger partial charge in [-0.2, -0.15) is 8.42 Å². The number of carbonyl (C=O) groups excluding carboxylic acids is 3. The molecule has 1 N–H and O–H groups in total. The monoisotopic (exact) mass is 590 g/mol. The van der Waals surface area contributed by atoms with Crippen LogP contribution in [0.3, 0.4) is 0 Å². The first-order valence-electron chi connectivity index (χ1n) is 14.3. The number of ether oxygens (including phenoxy) is 2. The lowest BCUT2D eigenvalue weighted by molar-refractivity contribution is -0.207. The van der Waals surface area contributed by atoms with E-state index in [2.05, 4.69) is 6.92 Å². The van der Waals surface area contributed by atoms with Crippen molar-refractivity contribution in [3.63, 3.8) is 0 Å². The molecule has 0 spiro atoms. The Morgan fingerprint density at radius 1 is 1.12 bits per heavy atom. The highest BCUT2D eigenvalue weighted by molar-refractivity contribution is 7.85. The lowest BCUT2D eigenvalue weighted by Crippen LogP contribution is -2.63. The SMILES string of the molecule is COC(=O)/C=C/[C@]1(C)C[C@@H](OC(=O)COS(=O)(=O)Cc2ccccc2)[C@@]2(C)[C@@H]3C(=O)CC[C@@]3(CC[C@@H]2C)[C@@H](C)[C@@H]1O. The summed E-state index contributed by atoms with van der Waals surface area (Å²) < 4.78 is 41.0. The van der Waals surface area contributed by atoms with E-state index in [1.165, 1.54) is 13.2 Å². The number of ketones is 1. The number of hydrogen-bond donors (Lipinski definition) is 1. The van der Waals surface area contributed by atoms with Crippen LogP contribution in [-0.2, 0) is 43.9 Å². The summed E-state index contributed by atoms with van der Waals surface area (Å²) in [4.78, 5) is 38.8. The summed E-state index contributed by atoms with van der Waals surface area (Å²) >= 11 is 0. The Bertz CT molecular complexity index is 1290. The Morgan fingerprint density at radius 3 is 2.46 bits per heavy atom. The zero-order valence-electron chi connectivity index (χ0n) is 24.5. The van der Waals surface area contributed by atoms with Crippen molar-refractivity contribution < 1.29 is 41.6 Å². The van der Waals surface area contributed by atoms with Crippen molar-refractivity contribution in [2.75, 3.05) is 13.7 Å². The van der Waals surface area contributed by atoms with E-state index < -0.39 is 68.8 Å². The highest BCUT2D eigenvalue weighted by atomic mass is 32.2. The van der Waals surface area contributed by atoms with Crippen LogP contribution in [0, 0.1) is 34.0 Å². The number of methoxy groups -OCH3 is 1. The Morgan fingerprint density at radius 2 is 1.80 bits per heavy atom. The van der Waals surface area contributed by atoms with E-state index >= 15 is 0 Å². The van der Waals surface area contributed by atoms with Crippen molar-refractivity contribution in [1.29, 1.82) is 0 Å². The van der Waals surface area contributed by atoms with Crippen molar-refractivity contribution in [2.24, 2.45) is 34.0 Å². The van der Waals surface area contributed by atoms with Gasteiger partial charge in [0.15, 0.2) is 6.61 Å². The molecule has 1 aromatic carbocycles. The average molecular weight is 591 g/mol. The standard InChI is InChI=1S/C31H42O9S/c1-20-11-15-31-16-12-23(32)27(31)30(20,4)24(17-29(3,28(35)21(31)2)14-13-25(33)38-5)40-26(34)18-39-41(36,37)19-22-9-7-6-8-10-22/h6-10,13-14,20-21,24,27-28,35H,11-12,15-19H2,1-5H3/b14-13+/t20-,21-,24+,27-,28-,29+,30-,31-/m0/s1. The molecule has 4 rings (SSSR count). The second-order valence-corrected chi connectivity index (χ2v) is 14.3. The molecular formula is C31H42O9S. The first kappa shape index (κ1) is 31.4. The Hall–Kier alpha value is -2.56. The summed E-state index contributed by atoms with van der Waals surface area (Å²) in [6.45, 7) is 7.02. The van der Waals surface area contributed by atoms with Gasteiger partial charge in [-0.05, 0) is 48.5 Å². The van der Waals surface area contributed by atoms with Crippen LogP contribution in [0.15, 0.2) is 42.5 Å². The number of aliphatic hydroxyl groups excluding tert-OH is 1. The molecule has 3 aliphatic carbocycles. The van der Waals surface area contributed by atoms with E-state index in [0.717, 1.165) is 12.8 Å². The van der Waals surface area contributed by atoms with E-state index in [1.807, 2.05) is 20.8 Å². The van der Waals surface area contributed by atoms with E-state index in [4.69, 9.17) is 13.7 Å². The minimum Gasteiger partial charge on any atom is -0.466 e. The molecule has 0 radical (unpaired) electrons. The van der Waals surface area contributed by atoms with Gasteiger partial charge in [-0.1, -0.05) is 64.1 Å². The van der Waals surface area contributed by atoms with Crippen LogP contribution in [0.5, 0.6) is 0 Å². The van der Waals surface area contributed by atoms with Gasteiger partial charge in [0.1, 0.15) is 17.6 Å². The highest BCUT2D eigenvalue weighted by Crippen LogP contribution is 2.68. The summed E-state index contributed by atoms with van der Waals surface area (Å²) in [5.74, 6) is -2.43. The molecule has 41 heavy (non-hydrogen) atoms. The molecular weight excluding hydrogens is 548 g/mol. The summed E-state index contributed by atoms with van der Waals surface area (Å²) in [5, 5.41) is 11.8. The Labute approximate surface area is 242 Å². The van der Waals surface area contributed by atoms with Gasteiger partial charge in [-0.15, -0.1) is 0 Å². The fourth-order valence-corrected chi connectivity index (χ4v) is 8.90. The molecule has 0 aliphatic heterocycles. The van der Waals surface area contributed by atoms with Crippen LogP contribution in [0.2, 0.25) is 0 Å². The maximum atomic E-state index is 13.6. The van der Waals surface area contributed by atoms with Gasteiger partial charge in [-0.3, -0.25) is 8.98 Å². The third kappa shape index (κ3) is 5.88. The molecule has 0 saturated heterocycles. The predicted octanol–water partition coefficient (Wildman–Crippen LogP) is 3.98. The number of aliphatic hydroxyl groups is 1. The fourth-order valence-electron chi connectivity index (χ4n) is 7.94. The van der Waals surface area contributed by atoms with Crippen LogP contribution < -0.4 is 0 Å². The van der Waals surface area contributed by atoms with Crippen LogP contribution >= 0.6 is 0 Å². The lowest BCUT2D eigenvalue weighted by atomic mass is 9.44. The van der Waals surface area contributed by atoms with Crippen molar-refractivity contribution in [3.8, 4) is 0 Å². The van der Waals surface area contributed by atoms with Gasteiger partial charge < -0.3 is 14.6 Å². The molecule has 3 fully saturated rings. The molecule has 8 atom stereocenters. The third-order valence-corrected chi connectivity index (χ3v) is 11.6. The van der Waals surface area contributed by atoms with Crippen LogP contribution in [0.4, 0.5) is 0 Å². The number of hydrogen-bond acceptors (Lipinski definition) is 9. The second-order valence-electron chi connectivity index (χ2n) is 12.7. The third-order valence-electron chi connectivity index (χ3n) is 10.5. The number of esters is 2. The van der Waals surface area contributed by atoms with Gasteiger partial charge in [0, 0.05) is 29.2 Å². The number of rotatable bonds is 8. The molecule has 3 aliphatic rings. The highest BCUT2D eigenvalue weighted by Gasteiger charge is 2.68. The molecule has 9 nitrogen and oxygen atoms in total. The lowest BCUT2D eigenvalue weighted by Gasteiger charge is -2.61. The predicted molar refractivity (Wildman–Crippen MR) is 151 cm³/mol. The van der Waals surface area contributed by atoms with Crippen molar-refractivity contribution in [3.05, 3.63) is 48.0 Å². The molecule has 1 aromatic rings. The first-order chi connectivity index (χ1) is 19.2. The zero-order chi connectivity index (χ0) is 30.2. The maximum Gasteiger partial charge on any atom is 0.333 e. The average Bonchev–Trinajstić information content (AvgIpc) is 3.29. The maximum absolute atomic E-state index is 13.6. The van der Waals surface area contributed by atoms with Gasteiger partial charge in [0.2, 0.25) is 0 Å². The van der Waals surface area contributed by atoms with Crippen molar-refractivity contribution in [1.82, 2.24) is 0 Å². The normalized spacial score (nSPS) is 37.2. The van der Waals surface area contributed by atoms with Crippen molar-refractivity contribution in [2.45, 2.75) is 77.8 Å². The van der Waals surface area contributed by atoms with Gasteiger partial charge in [-0.25, -0.2) is 9.59 Å². The van der Waals surface area contributed by atoms with Crippen LogP contribution in [-0.4, -0.2) is 57.2 Å².